The van der Waals surface area contributed by atoms with E-state index in [1.54, 1.807) is 7.11 Å². The van der Waals surface area contributed by atoms with Crippen molar-refractivity contribution in [3.8, 4) is 11.5 Å². The van der Waals surface area contributed by atoms with Crippen LogP contribution < -0.4 is 14.8 Å². The van der Waals surface area contributed by atoms with Crippen molar-refractivity contribution >= 4 is 11.9 Å². The number of cyclic esters (lactones) is 1. The molecule has 178 valence electrons. The Balaban J connectivity index is 1.21. The molecule has 2 aliphatic heterocycles. The molecular formula is C28H31NO5. The molecule has 0 bridgehead atoms. The quantitative estimate of drug-likeness (QED) is 0.514. The van der Waals surface area contributed by atoms with Crippen molar-refractivity contribution in [2.45, 2.75) is 45.1 Å². The number of benzene rings is 2. The summed E-state index contributed by atoms with van der Waals surface area (Å²) in [5.74, 6) is 1.22. The summed E-state index contributed by atoms with van der Waals surface area (Å²) in [6.45, 7) is 7.14. The van der Waals surface area contributed by atoms with Crippen LogP contribution in [-0.2, 0) is 22.4 Å². The monoisotopic (exact) mass is 461 g/mol. The molecule has 34 heavy (non-hydrogen) atoms. The number of amides is 1. The van der Waals surface area contributed by atoms with E-state index in [0.717, 1.165) is 47.5 Å². The summed E-state index contributed by atoms with van der Waals surface area (Å²) >= 11 is 0. The minimum absolute atomic E-state index is 0.104. The number of rotatable bonds is 6. The summed E-state index contributed by atoms with van der Waals surface area (Å²) in [7, 11) is 1.63. The first-order valence-electron chi connectivity index (χ1n) is 11.9. The molecule has 2 aromatic rings. The van der Waals surface area contributed by atoms with Crippen molar-refractivity contribution in [3.05, 3.63) is 71.3 Å². The predicted octanol–water partition coefficient (Wildman–Crippen LogP) is 4.26. The van der Waals surface area contributed by atoms with E-state index >= 15 is 0 Å². The van der Waals surface area contributed by atoms with Crippen LogP contribution in [0.3, 0.4) is 0 Å². The van der Waals surface area contributed by atoms with Gasteiger partial charge in [-0.3, -0.25) is 9.59 Å². The topological polar surface area (TPSA) is 73.9 Å². The van der Waals surface area contributed by atoms with Crippen LogP contribution >= 0.6 is 0 Å². The summed E-state index contributed by atoms with van der Waals surface area (Å²) in [5.41, 5.74) is 3.09. The van der Waals surface area contributed by atoms with Crippen LogP contribution in [0, 0.1) is 10.8 Å². The fourth-order valence-corrected chi connectivity index (χ4v) is 5.81. The lowest BCUT2D eigenvalue weighted by Gasteiger charge is -2.32. The Kier molecular flexibility index (Phi) is 5.62. The van der Waals surface area contributed by atoms with Gasteiger partial charge in [0.2, 0.25) is 0 Å². The van der Waals surface area contributed by atoms with Gasteiger partial charge in [-0.25, -0.2) is 0 Å². The van der Waals surface area contributed by atoms with Crippen molar-refractivity contribution in [2.75, 3.05) is 20.3 Å². The van der Waals surface area contributed by atoms with E-state index < -0.39 is 5.41 Å². The molecule has 3 aliphatic rings. The number of allylic oxidation sites excluding steroid dienone is 1. The summed E-state index contributed by atoms with van der Waals surface area (Å²) < 4.78 is 17.0. The highest BCUT2D eigenvalue weighted by atomic mass is 16.5. The zero-order valence-corrected chi connectivity index (χ0v) is 19.8. The molecule has 0 aromatic heterocycles. The Hall–Kier alpha value is -3.28. The van der Waals surface area contributed by atoms with Gasteiger partial charge >= 0.3 is 5.97 Å². The summed E-state index contributed by atoms with van der Waals surface area (Å²) in [6, 6.07) is 13.4. The molecule has 6 nitrogen and oxygen atoms in total. The highest BCUT2D eigenvalue weighted by molar-refractivity contribution is 5.94. The third-order valence-electron chi connectivity index (χ3n) is 7.77. The molecule has 6 heteroatoms. The van der Waals surface area contributed by atoms with Gasteiger partial charge in [-0.05, 0) is 61.4 Å². The zero-order chi connectivity index (χ0) is 23.9. The molecular weight excluding hydrogens is 430 g/mol. The lowest BCUT2D eigenvalue weighted by molar-refractivity contribution is -0.146. The number of hydrogen-bond donors (Lipinski definition) is 1. The standard InChI is InChI=1S/C28H31NO5/c1-18-13-27(2)17-33-26(31)28(27,14-18)15-19-7-9-21(10-8-19)25(30)29-16-22-12-11-20-5-4-6-23(32-3)24(20)34-22/h4-10,22H,1,11-17H2,2-3H3,(H,29,30)/t22?,27-,28-/m1/s1. The van der Waals surface area contributed by atoms with Crippen molar-refractivity contribution in [3.63, 3.8) is 0 Å². The average Bonchev–Trinajstić information content (AvgIpc) is 3.23. The molecule has 5 rings (SSSR count). The smallest absolute Gasteiger partial charge is 0.313 e. The molecule has 0 spiro atoms. The molecule has 3 atom stereocenters. The second-order valence-corrected chi connectivity index (χ2v) is 10.1. The summed E-state index contributed by atoms with van der Waals surface area (Å²) in [4.78, 5) is 25.5. The Morgan fingerprint density at radius 3 is 2.76 bits per heavy atom. The van der Waals surface area contributed by atoms with Gasteiger partial charge in [0.25, 0.3) is 5.91 Å². The highest BCUT2D eigenvalue weighted by Gasteiger charge is 2.63. The van der Waals surface area contributed by atoms with Gasteiger partial charge in [-0.15, -0.1) is 0 Å². The second kappa shape index (κ2) is 8.49. The number of nitrogens with one attached hydrogen (secondary N) is 1. The van der Waals surface area contributed by atoms with Crippen LogP contribution in [0.4, 0.5) is 0 Å². The maximum absolute atomic E-state index is 12.8. The Bertz CT molecular complexity index is 1130. The molecule has 1 saturated carbocycles. The van der Waals surface area contributed by atoms with Crippen LogP contribution in [0.25, 0.3) is 0 Å². The predicted molar refractivity (Wildman–Crippen MR) is 128 cm³/mol. The van der Waals surface area contributed by atoms with Crippen LogP contribution in [-0.4, -0.2) is 38.2 Å². The van der Waals surface area contributed by atoms with Gasteiger partial charge < -0.3 is 19.5 Å². The van der Waals surface area contributed by atoms with Gasteiger partial charge in [-0.1, -0.05) is 43.3 Å². The van der Waals surface area contributed by atoms with Gasteiger partial charge in [0.05, 0.1) is 25.7 Å². The Morgan fingerprint density at radius 2 is 2.00 bits per heavy atom. The number of aryl methyl sites for hydroxylation is 1. The minimum Gasteiger partial charge on any atom is -0.493 e. The number of para-hydroxylation sites is 1. The van der Waals surface area contributed by atoms with E-state index in [2.05, 4.69) is 18.8 Å². The van der Waals surface area contributed by atoms with E-state index in [9.17, 15) is 9.59 Å². The molecule has 2 aromatic carbocycles. The SMILES string of the molecule is C=C1C[C@]2(C)COC(=O)[C@]2(Cc2ccc(C(=O)NCC3CCc4cccc(OC)c4O3)cc2)C1. The number of ether oxygens (including phenoxy) is 3. The van der Waals surface area contributed by atoms with Crippen molar-refractivity contribution in [1.82, 2.24) is 5.32 Å². The van der Waals surface area contributed by atoms with E-state index in [0.29, 0.717) is 31.6 Å². The molecule has 1 saturated heterocycles. The molecule has 1 amide bonds. The molecule has 2 heterocycles. The third-order valence-corrected chi connectivity index (χ3v) is 7.77. The largest absolute Gasteiger partial charge is 0.493 e. The van der Waals surface area contributed by atoms with Crippen molar-refractivity contribution in [2.24, 2.45) is 10.8 Å². The first-order valence-corrected chi connectivity index (χ1v) is 11.9. The van der Waals surface area contributed by atoms with Crippen molar-refractivity contribution in [1.29, 1.82) is 0 Å². The fraction of sp³-hybridized carbons (Fsp3) is 0.429. The van der Waals surface area contributed by atoms with E-state index in [-0.39, 0.29) is 23.4 Å². The lowest BCUT2D eigenvalue weighted by Crippen LogP contribution is -2.38. The average molecular weight is 462 g/mol. The van der Waals surface area contributed by atoms with Gasteiger partial charge in [0, 0.05) is 11.0 Å². The second-order valence-electron chi connectivity index (χ2n) is 10.1. The van der Waals surface area contributed by atoms with Crippen LogP contribution in [0.5, 0.6) is 11.5 Å². The molecule has 0 radical (unpaired) electrons. The number of methoxy groups -OCH3 is 1. The Labute approximate surface area is 200 Å². The minimum atomic E-state index is -0.552. The maximum Gasteiger partial charge on any atom is 0.313 e. The molecule has 1 aliphatic carbocycles. The lowest BCUT2D eigenvalue weighted by atomic mass is 9.66. The van der Waals surface area contributed by atoms with E-state index in [1.165, 1.54) is 0 Å². The number of carbonyl (C=O) groups is 2. The Morgan fingerprint density at radius 1 is 1.21 bits per heavy atom. The number of esters is 1. The van der Waals surface area contributed by atoms with Crippen LogP contribution in [0.15, 0.2) is 54.6 Å². The summed E-state index contributed by atoms with van der Waals surface area (Å²) in [5, 5.41) is 2.99. The first-order chi connectivity index (χ1) is 16.3. The maximum atomic E-state index is 12.8. The highest BCUT2D eigenvalue weighted by Crippen LogP contribution is 2.60. The normalized spacial score (nSPS) is 27.4. The first kappa shape index (κ1) is 22.5. The zero-order valence-electron chi connectivity index (χ0n) is 19.8. The third kappa shape index (κ3) is 3.75. The van der Waals surface area contributed by atoms with Crippen LogP contribution in [0.1, 0.15) is 47.7 Å². The molecule has 2 fully saturated rings. The van der Waals surface area contributed by atoms with Gasteiger partial charge in [0.1, 0.15) is 6.10 Å². The van der Waals surface area contributed by atoms with E-state index in [1.807, 2.05) is 42.5 Å². The van der Waals surface area contributed by atoms with Crippen molar-refractivity contribution < 1.29 is 23.8 Å². The summed E-state index contributed by atoms with van der Waals surface area (Å²) in [6.07, 6.45) is 3.70. The van der Waals surface area contributed by atoms with E-state index in [4.69, 9.17) is 14.2 Å². The van der Waals surface area contributed by atoms with Gasteiger partial charge in [-0.2, -0.15) is 0 Å². The molecule has 1 unspecified atom stereocenters. The number of hydrogen-bond acceptors (Lipinski definition) is 5. The fourth-order valence-electron chi connectivity index (χ4n) is 5.81. The number of carbonyl (C=O) groups excluding carboxylic acids is 2. The van der Waals surface area contributed by atoms with Crippen LogP contribution in [0.2, 0.25) is 0 Å². The molecule has 1 N–H and O–H groups in total. The number of fused-ring (bicyclic) bond motifs is 2. The van der Waals surface area contributed by atoms with Gasteiger partial charge in [0.15, 0.2) is 11.5 Å².